The van der Waals surface area contributed by atoms with Crippen LogP contribution in [0.3, 0.4) is 0 Å². The summed E-state index contributed by atoms with van der Waals surface area (Å²) in [6.07, 6.45) is -3.93. The average Bonchev–Trinajstić information content (AvgIpc) is 2.86. The SMILES string of the molecule is CN(CC1CCCN(C(=O)CN(c2cc(C(F)(F)F)ccc2Cl)S(=O)(=O)c2ccccc2)C1)C(=O)OC(C)(C)C. The fourth-order valence-corrected chi connectivity index (χ4v) is 6.08. The van der Waals surface area contributed by atoms with Crippen LogP contribution in [-0.4, -0.2) is 69.0 Å². The van der Waals surface area contributed by atoms with Crippen LogP contribution in [0.1, 0.15) is 39.2 Å². The number of ether oxygens (including phenoxy) is 1. The maximum Gasteiger partial charge on any atom is 0.416 e. The van der Waals surface area contributed by atoms with Crippen LogP contribution >= 0.6 is 11.6 Å². The number of carbonyl (C=O) groups is 2. The number of likely N-dealkylation sites (tertiary alicyclic amines) is 1. The first-order valence-electron chi connectivity index (χ1n) is 12.7. The Kier molecular flexibility index (Phi) is 9.66. The van der Waals surface area contributed by atoms with Crippen molar-refractivity contribution in [1.82, 2.24) is 9.80 Å². The van der Waals surface area contributed by atoms with Crippen LogP contribution in [0.25, 0.3) is 0 Å². The third-order valence-electron chi connectivity index (χ3n) is 6.26. The monoisotopic (exact) mass is 603 g/mol. The van der Waals surface area contributed by atoms with Crippen LogP contribution in [0.5, 0.6) is 0 Å². The third kappa shape index (κ3) is 8.03. The number of halogens is 4. The molecule has 8 nitrogen and oxygen atoms in total. The van der Waals surface area contributed by atoms with Crippen LogP contribution in [0.15, 0.2) is 53.4 Å². The smallest absolute Gasteiger partial charge is 0.416 e. The van der Waals surface area contributed by atoms with Gasteiger partial charge in [-0.25, -0.2) is 13.2 Å². The summed E-state index contributed by atoms with van der Waals surface area (Å²) < 4.78 is 73.8. The van der Waals surface area contributed by atoms with Crippen LogP contribution in [0.2, 0.25) is 5.02 Å². The Morgan fingerprint density at radius 1 is 1.10 bits per heavy atom. The maximum absolute atomic E-state index is 13.6. The lowest BCUT2D eigenvalue weighted by molar-refractivity contribution is -0.137. The van der Waals surface area contributed by atoms with Crippen molar-refractivity contribution in [2.75, 3.05) is 37.5 Å². The van der Waals surface area contributed by atoms with Crippen LogP contribution in [-0.2, 0) is 25.7 Å². The van der Waals surface area contributed by atoms with Gasteiger partial charge in [-0.15, -0.1) is 0 Å². The van der Waals surface area contributed by atoms with E-state index in [2.05, 4.69) is 0 Å². The highest BCUT2D eigenvalue weighted by atomic mass is 35.5. The number of hydrogen-bond acceptors (Lipinski definition) is 5. The number of amides is 2. The van der Waals surface area contributed by atoms with E-state index in [1.54, 1.807) is 33.9 Å². The highest BCUT2D eigenvalue weighted by Crippen LogP contribution is 2.37. The van der Waals surface area contributed by atoms with E-state index in [9.17, 15) is 31.2 Å². The molecule has 1 aliphatic heterocycles. The van der Waals surface area contributed by atoms with E-state index in [0.29, 0.717) is 29.9 Å². The molecule has 2 aromatic rings. The van der Waals surface area contributed by atoms with Crippen molar-refractivity contribution in [3.8, 4) is 0 Å². The van der Waals surface area contributed by atoms with Gasteiger partial charge in [0.25, 0.3) is 10.0 Å². The van der Waals surface area contributed by atoms with Gasteiger partial charge in [-0.05, 0) is 69.9 Å². The minimum atomic E-state index is -4.76. The van der Waals surface area contributed by atoms with Crippen molar-refractivity contribution in [1.29, 1.82) is 0 Å². The quantitative estimate of drug-likeness (QED) is 0.408. The van der Waals surface area contributed by atoms with Gasteiger partial charge in [0.2, 0.25) is 5.91 Å². The first-order chi connectivity index (χ1) is 18.5. The van der Waals surface area contributed by atoms with Gasteiger partial charge in [0.05, 0.1) is 21.2 Å². The minimum absolute atomic E-state index is 0.105. The average molecular weight is 604 g/mol. The number of benzene rings is 2. The molecule has 0 N–H and O–H groups in total. The molecule has 1 atom stereocenters. The summed E-state index contributed by atoms with van der Waals surface area (Å²) in [6, 6.07) is 9.45. The largest absolute Gasteiger partial charge is 0.444 e. The van der Waals surface area contributed by atoms with E-state index in [1.807, 2.05) is 0 Å². The number of alkyl halides is 3. The van der Waals surface area contributed by atoms with Crippen molar-refractivity contribution in [3.63, 3.8) is 0 Å². The normalized spacial score (nSPS) is 16.4. The number of hydrogen-bond donors (Lipinski definition) is 0. The molecule has 0 aromatic heterocycles. The van der Waals surface area contributed by atoms with Crippen LogP contribution in [0.4, 0.5) is 23.7 Å². The maximum atomic E-state index is 13.6. The zero-order valence-corrected chi connectivity index (χ0v) is 24.3. The Morgan fingerprint density at radius 2 is 1.75 bits per heavy atom. The molecule has 3 rings (SSSR count). The topological polar surface area (TPSA) is 87.2 Å². The fraction of sp³-hybridized carbons (Fsp3) is 0.481. The van der Waals surface area contributed by atoms with Crippen molar-refractivity contribution in [3.05, 3.63) is 59.1 Å². The van der Waals surface area contributed by atoms with E-state index in [0.717, 1.165) is 18.6 Å². The highest BCUT2D eigenvalue weighted by molar-refractivity contribution is 7.92. The molecule has 2 aromatic carbocycles. The Balaban J connectivity index is 1.87. The molecule has 2 amide bonds. The summed E-state index contributed by atoms with van der Waals surface area (Å²) in [6.45, 7) is 5.39. The first kappa shape index (κ1) is 31.5. The second-order valence-electron chi connectivity index (χ2n) is 10.7. The van der Waals surface area contributed by atoms with E-state index < -0.39 is 51.6 Å². The number of anilines is 1. The molecule has 40 heavy (non-hydrogen) atoms. The Morgan fingerprint density at radius 3 is 2.35 bits per heavy atom. The molecule has 0 saturated carbocycles. The van der Waals surface area contributed by atoms with Gasteiger partial charge >= 0.3 is 12.3 Å². The predicted molar refractivity (Wildman–Crippen MR) is 146 cm³/mol. The van der Waals surface area contributed by atoms with Gasteiger partial charge < -0.3 is 14.5 Å². The molecule has 1 aliphatic rings. The number of carbonyl (C=O) groups excluding carboxylic acids is 2. The van der Waals surface area contributed by atoms with Gasteiger partial charge in [0.1, 0.15) is 12.1 Å². The second-order valence-corrected chi connectivity index (χ2v) is 13.0. The molecule has 1 heterocycles. The predicted octanol–water partition coefficient (Wildman–Crippen LogP) is 5.66. The molecule has 1 unspecified atom stereocenters. The molecular weight excluding hydrogens is 571 g/mol. The summed E-state index contributed by atoms with van der Waals surface area (Å²) in [5.74, 6) is -0.704. The molecule has 0 bridgehead atoms. The zero-order chi connectivity index (χ0) is 29.9. The van der Waals surface area contributed by atoms with E-state index in [-0.39, 0.29) is 22.4 Å². The molecular formula is C27H33ClF3N3O5S. The standard InChI is InChI=1S/C27H33ClF3N3O5S/c1-26(2,3)39-25(36)32(4)16-19-9-8-14-33(17-19)24(35)18-34(40(37,38)21-10-6-5-7-11-21)23-15-20(27(29,30)31)12-13-22(23)28/h5-7,10-13,15,19H,8-9,14,16-18H2,1-4H3. The van der Waals surface area contributed by atoms with E-state index in [4.69, 9.17) is 16.3 Å². The van der Waals surface area contributed by atoms with Gasteiger partial charge in [-0.1, -0.05) is 29.8 Å². The van der Waals surface area contributed by atoms with Crippen molar-refractivity contribution in [2.24, 2.45) is 5.92 Å². The third-order valence-corrected chi connectivity index (χ3v) is 8.35. The summed E-state index contributed by atoms with van der Waals surface area (Å²) in [5, 5.41) is -0.254. The van der Waals surface area contributed by atoms with Crippen molar-refractivity contribution >= 4 is 39.3 Å². The van der Waals surface area contributed by atoms with Gasteiger partial charge in [0, 0.05) is 26.7 Å². The first-order valence-corrected chi connectivity index (χ1v) is 14.5. The van der Waals surface area contributed by atoms with Gasteiger partial charge in [0.15, 0.2) is 0 Å². The zero-order valence-electron chi connectivity index (χ0n) is 22.7. The fourth-order valence-electron chi connectivity index (χ4n) is 4.36. The summed E-state index contributed by atoms with van der Waals surface area (Å²) in [4.78, 5) is 28.5. The molecule has 220 valence electrons. The minimum Gasteiger partial charge on any atom is -0.444 e. The summed E-state index contributed by atoms with van der Waals surface area (Å²) in [7, 11) is -2.87. The number of nitrogens with zero attached hydrogens (tertiary/aromatic N) is 3. The molecule has 0 aliphatic carbocycles. The van der Waals surface area contributed by atoms with Crippen molar-refractivity contribution in [2.45, 2.75) is 50.3 Å². The van der Waals surface area contributed by atoms with E-state index in [1.165, 1.54) is 34.1 Å². The van der Waals surface area contributed by atoms with Crippen LogP contribution in [0, 0.1) is 5.92 Å². The Labute approximate surface area is 237 Å². The summed E-state index contributed by atoms with van der Waals surface area (Å²) >= 11 is 6.21. The number of rotatable bonds is 7. The van der Waals surface area contributed by atoms with Crippen LogP contribution < -0.4 is 4.31 Å². The molecule has 0 radical (unpaired) electrons. The summed E-state index contributed by atoms with van der Waals surface area (Å²) in [5.41, 5.74) is -2.22. The molecule has 1 saturated heterocycles. The molecule has 1 fully saturated rings. The lowest BCUT2D eigenvalue weighted by atomic mass is 9.97. The highest BCUT2D eigenvalue weighted by Gasteiger charge is 2.36. The lowest BCUT2D eigenvalue weighted by Crippen LogP contribution is -2.48. The Bertz CT molecular complexity index is 1320. The number of sulfonamides is 1. The Hall–Kier alpha value is -2.99. The number of piperidine rings is 1. The van der Waals surface area contributed by atoms with Crippen molar-refractivity contribution < 1.29 is 35.9 Å². The molecule has 13 heteroatoms. The van der Waals surface area contributed by atoms with E-state index >= 15 is 0 Å². The van der Waals surface area contributed by atoms with Gasteiger partial charge in [-0.3, -0.25) is 9.10 Å². The van der Waals surface area contributed by atoms with Gasteiger partial charge in [-0.2, -0.15) is 13.2 Å². The lowest BCUT2D eigenvalue weighted by Gasteiger charge is -2.36. The second kappa shape index (κ2) is 12.3. The molecule has 0 spiro atoms.